The van der Waals surface area contributed by atoms with Gasteiger partial charge in [0.2, 0.25) is 0 Å². The lowest BCUT2D eigenvalue weighted by molar-refractivity contribution is 0.122. The Morgan fingerprint density at radius 1 is 1.26 bits per heavy atom. The first-order chi connectivity index (χ1) is 9.19. The summed E-state index contributed by atoms with van der Waals surface area (Å²) in [6, 6.07) is 1.56. The van der Waals surface area contributed by atoms with Gasteiger partial charge in [-0.3, -0.25) is 4.90 Å². The minimum Gasteiger partial charge on any atom is -0.396 e. The van der Waals surface area contributed by atoms with Gasteiger partial charge in [0.05, 0.1) is 0 Å². The Morgan fingerprint density at radius 3 is 2.68 bits per heavy atom. The van der Waals surface area contributed by atoms with E-state index in [1.807, 2.05) is 0 Å². The van der Waals surface area contributed by atoms with Crippen molar-refractivity contribution in [3.63, 3.8) is 0 Å². The second-order valence-corrected chi connectivity index (χ2v) is 6.99. The summed E-state index contributed by atoms with van der Waals surface area (Å²) in [5, 5.41) is 12.8. The molecule has 2 atom stereocenters. The molecule has 0 aromatic heterocycles. The lowest BCUT2D eigenvalue weighted by Gasteiger charge is -2.38. The minimum atomic E-state index is 0.353. The largest absolute Gasteiger partial charge is 0.396 e. The number of aliphatic hydroxyl groups excluding tert-OH is 1. The average molecular weight is 268 g/mol. The number of piperidine rings is 1. The molecule has 19 heavy (non-hydrogen) atoms. The summed E-state index contributed by atoms with van der Waals surface area (Å²) >= 11 is 0. The average Bonchev–Trinajstić information content (AvgIpc) is 3.20. The molecule has 1 heterocycles. The molecule has 1 saturated heterocycles. The van der Waals surface area contributed by atoms with E-state index in [1.165, 1.54) is 45.2 Å². The zero-order valence-electron chi connectivity index (χ0n) is 12.8. The van der Waals surface area contributed by atoms with Crippen LogP contribution in [0.15, 0.2) is 0 Å². The first-order valence-electron chi connectivity index (χ1n) is 8.27. The van der Waals surface area contributed by atoms with E-state index in [1.54, 1.807) is 0 Å². The number of rotatable bonds is 8. The Bertz CT molecular complexity index is 253. The van der Waals surface area contributed by atoms with Crippen LogP contribution >= 0.6 is 0 Å². The van der Waals surface area contributed by atoms with E-state index < -0.39 is 0 Å². The van der Waals surface area contributed by atoms with Crippen molar-refractivity contribution in [2.75, 3.05) is 26.2 Å². The van der Waals surface area contributed by atoms with E-state index in [-0.39, 0.29) is 0 Å². The third-order valence-electron chi connectivity index (χ3n) is 4.55. The number of nitrogens with one attached hydrogen (secondary N) is 1. The van der Waals surface area contributed by atoms with Crippen molar-refractivity contribution in [3.05, 3.63) is 0 Å². The Morgan fingerprint density at radius 2 is 2.05 bits per heavy atom. The predicted octanol–water partition coefficient (Wildman–Crippen LogP) is 2.25. The maximum atomic E-state index is 9.02. The normalized spacial score (nSPS) is 29.1. The summed E-state index contributed by atoms with van der Waals surface area (Å²) in [5.41, 5.74) is 0. The van der Waals surface area contributed by atoms with Gasteiger partial charge in [-0.1, -0.05) is 13.8 Å². The number of hydrogen-bond acceptors (Lipinski definition) is 3. The van der Waals surface area contributed by atoms with Gasteiger partial charge in [0.1, 0.15) is 0 Å². The van der Waals surface area contributed by atoms with Gasteiger partial charge in [0.25, 0.3) is 0 Å². The summed E-state index contributed by atoms with van der Waals surface area (Å²) in [6.45, 7) is 8.62. The minimum absolute atomic E-state index is 0.353. The van der Waals surface area contributed by atoms with Crippen molar-refractivity contribution in [1.29, 1.82) is 0 Å². The third-order valence-corrected chi connectivity index (χ3v) is 4.55. The molecular weight excluding hydrogens is 236 g/mol. The molecule has 0 aromatic rings. The highest BCUT2D eigenvalue weighted by Gasteiger charge is 2.35. The summed E-state index contributed by atoms with van der Waals surface area (Å²) in [4.78, 5) is 2.71. The fourth-order valence-electron chi connectivity index (χ4n) is 3.29. The Hall–Kier alpha value is -0.120. The maximum absolute atomic E-state index is 9.02. The summed E-state index contributed by atoms with van der Waals surface area (Å²) < 4.78 is 0. The van der Waals surface area contributed by atoms with Crippen LogP contribution < -0.4 is 5.32 Å². The second kappa shape index (κ2) is 7.61. The molecule has 2 unspecified atom stereocenters. The highest BCUT2D eigenvalue weighted by molar-refractivity contribution is 4.92. The highest BCUT2D eigenvalue weighted by atomic mass is 16.2. The van der Waals surface area contributed by atoms with Crippen LogP contribution in [-0.2, 0) is 0 Å². The van der Waals surface area contributed by atoms with Gasteiger partial charge in [-0.05, 0) is 56.9 Å². The van der Waals surface area contributed by atoms with E-state index in [4.69, 9.17) is 5.11 Å². The van der Waals surface area contributed by atoms with Crippen LogP contribution in [0.1, 0.15) is 52.4 Å². The monoisotopic (exact) mass is 268 g/mol. The molecule has 0 radical (unpaired) electrons. The molecule has 1 aliphatic carbocycles. The molecule has 2 rings (SSSR count). The molecule has 3 nitrogen and oxygen atoms in total. The zero-order valence-corrected chi connectivity index (χ0v) is 12.8. The van der Waals surface area contributed by atoms with E-state index in [0.29, 0.717) is 12.6 Å². The Kier molecular flexibility index (Phi) is 6.11. The van der Waals surface area contributed by atoms with Gasteiger partial charge >= 0.3 is 0 Å². The van der Waals surface area contributed by atoms with Crippen LogP contribution in [0.25, 0.3) is 0 Å². The van der Waals surface area contributed by atoms with Crippen molar-refractivity contribution in [3.8, 4) is 0 Å². The van der Waals surface area contributed by atoms with E-state index in [9.17, 15) is 0 Å². The topological polar surface area (TPSA) is 35.5 Å². The quantitative estimate of drug-likeness (QED) is 0.709. The molecule has 2 fully saturated rings. The van der Waals surface area contributed by atoms with Crippen molar-refractivity contribution in [2.45, 2.75) is 64.5 Å². The lowest BCUT2D eigenvalue weighted by atomic mass is 9.90. The Labute approximate surface area is 118 Å². The van der Waals surface area contributed by atoms with Crippen molar-refractivity contribution < 1.29 is 5.11 Å². The molecular formula is C16H32N2O. The van der Waals surface area contributed by atoms with Gasteiger partial charge in [-0.2, -0.15) is 0 Å². The smallest absolute Gasteiger partial charge is 0.0431 e. The van der Waals surface area contributed by atoms with Crippen LogP contribution in [-0.4, -0.2) is 48.3 Å². The number of aliphatic hydroxyl groups is 1. The van der Waals surface area contributed by atoms with Crippen LogP contribution in [0.3, 0.4) is 0 Å². The first-order valence-corrected chi connectivity index (χ1v) is 8.27. The van der Waals surface area contributed by atoms with Gasteiger partial charge in [0, 0.05) is 31.8 Å². The van der Waals surface area contributed by atoms with Gasteiger partial charge in [-0.15, -0.1) is 0 Å². The van der Waals surface area contributed by atoms with E-state index >= 15 is 0 Å². The molecule has 1 aliphatic heterocycles. The van der Waals surface area contributed by atoms with Crippen LogP contribution in [0.5, 0.6) is 0 Å². The fourth-order valence-corrected chi connectivity index (χ4v) is 3.29. The SMILES string of the molecule is CC(C)CCNC1CC(CCCO)CN(C2CC2)C1. The molecule has 0 spiro atoms. The summed E-state index contributed by atoms with van der Waals surface area (Å²) in [6.07, 6.45) is 7.57. The fraction of sp³-hybridized carbons (Fsp3) is 1.00. The molecule has 1 saturated carbocycles. The van der Waals surface area contributed by atoms with Crippen LogP contribution in [0.2, 0.25) is 0 Å². The summed E-state index contributed by atoms with van der Waals surface area (Å²) in [5.74, 6) is 1.58. The van der Waals surface area contributed by atoms with Crippen LogP contribution in [0, 0.1) is 11.8 Å². The summed E-state index contributed by atoms with van der Waals surface area (Å²) in [7, 11) is 0. The van der Waals surface area contributed by atoms with E-state index in [0.717, 1.165) is 30.8 Å². The standard InChI is InChI=1S/C16H32N2O/c1-13(2)7-8-17-15-10-14(4-3-9-19)11-18(12-15)16-5-6-16/h13-17,19H,3-12H2,1-2H3. The molecule has 3 heteroatoms. The number of hydrogen-bond donors (Lipinski definition) is 2. The van der Waals surface area contributed by atoms with Crippen LogP contribution in [0.4, 0.5) is 0 Å². The number of likely N-dealkylation sites (tertiary alicyclic amines) is 1. The van der Waals surface area contributed by atoms with E-state index in [2.05, 4.69) is 24.1 Å². The number of nitrogens with zero attached hydrogens (tertiary/aromatic N) is 1. The first kappa shape index (κ1) is 15.3. The Balaban J connectivity index is 1.76. The zero-order chi connectivity index (χ0) is 13.7. The third kappa shape index (κ3) is 5.41. The van der Waals surface area contributed by atoms with Gasteiger partial charge in [0.15, 0.2) is 0 Å². The molecule has 2 aliphatic rings. The predicted molar refractivity (Wildman–Crippen MR) is 80.3 cm³/mol. The second-order valence-electron chi connectivity index (χ2n) is 6.99. The molecule has 0 amide bonds. The van der Waals surface area contributed by atoms with Crippen molar-refractivity contribution in [1.82, 2.24) is 10.2 Å². The van der Waals surface area contributed by atoms with Gasteiger partial charge in [-0.25, -0.2) is 0 Å². The maximum Gasteiger partial charge on any atom is 0.0431 e. The highest BCUT2D eigenvalue weighted by Crippen LogP contribution is 2.32. The molecule has 112 valence electrons. The van der Waals surface area contributed by atoms with Gasteiger partial charge < -0.3 is 10.4 Å². The lowest BCUT2D eigenvalue weighted by Crippen LogP contribution is -2.50. The molecule has 0 aromatic carbocycles. The van der Waals surface area contributed by atoms with Crippen molar-refractivity contribution >= 4 is 0 Å². The molecule has 0 bridgehead atoms. The van der Waals surface area contributed by atoms with Crippen molar-refractivity contribution in [2.24, 2.45) is 11.8 Å². The molecule has 2 N–H and O–H groups in total.